The molecule has 21 heavy (non-hydrogen) atoms. The molecule has 2 aromatic carbocycles. The Kier molecular flexibility index (Phi) is 3.23. The summed E-state index contributed by atoms with van der Waals surface area (Å²) >= 11 is 0. The minimum atomic E-state index is -0.667. The molecule has 2 aromatic rings. The molecule has 0 spiro atoms. The third-order valence-corrected chi connectivity index (χ3v) is 3.24. The van der Waals surface area contributed by atoms with E-state index in [1.165, 1.54) is 4.90 Å². The van der Waals surface area contributed by atoms with Crippen LogP contribution in [0.1, 0.15) is 10.4 Å². The Bertz CT molecular complexity index is 725. The van der Waals surface area contributed by atoms with Gasteiger partial charge in [-0.2, -0.15) is 0 Å². The van der Waals surface area contributed by atoms with Gasteiger partial charge in [-0.1, -0.05) is 30.3 Å². The van der Waals surface area contributed by atoms with Gasteiger partial charge in [0.05, 0.1) is 11.3 Å². The number of Topliss-reactive ketones (excluding diaryl/α,β-unsaturated/α-hetero) is 1. The molecule has 2 amide bonds. The number of hydrogen-bond acceptors (Lipinski definition) is 3. The zero-order valence-electron chi connectivity index (χ0n) is 11.1. The van der Waals surface area contributed by atoms with Crippen molar-refractivity contribution in [2.45, 2.75) is 0 Å². The number of anilines is 2. The highest BCUT2D eigenvalue weighted by Gasteiger charge is 2.36. The number of carbonyl (C=O) groups is 3. The summed E-state index contributed by atoms with van der Waals surface area (Å²) in [5, 5.41) is 2.69. The van der Waals surface area contributed by atoms with Crippen LogP contribution in [-0.2, 0) is 9.59 Å². The molecule has 0 saturated carbocycles. The second kappa shape index (κ2) is 5.20. The number of nitrogens with zero attached hydrogens (tertiary/aromatic N) is 1. The van der Waals surface area contributed by atoms with Crippen LogP contribution in [0.15, 0.2) is 54.6 Å². The van der Waals surface area contributed by atoms with E-state index in [0.717, 1.165) is 0 Å². The molecule has 1 heterocycles. The molecule has 1 N–H and O–H groups in total. The molecule has 1 aliphatic rings. The van der Waals surface area contributed by atoms with Gasteiger partial charge in [0.2, 0.25) is 5.91 Å². The van der Waals surface area contributed by atoms with Crippen molar-refractivity contribution in [2.24, 2.45) is 0 Å². The summed E-state index contributed by atoms with van der Waals surface area (Å²) in [4.78, 5) is 37.0. The van der Waals surface area contributed by atoms with Crippen molar-refractivity contribution in [3.8, 4) is 0 Å². The molecule has 0 aliphatic carbocycles. The first-order chi connectivity index (χ1) is 10.2. The van der Waals surface area contributed by atoms with Gasteiger partial charge in [-0.25, -0.2) is 0 Å². The average molecular weight is 280 g/mol. The maximum Gasteiger partial charge on any atom is 0.299 e. The fourth-order valence-electron chi connectivity index (χ4n) is 2.27. The molecule has 3 rings (SSSR count). The zero-order chi connectivity index (χ0) is 14.8. The average Bonchev–Trinajstić information content (AvgIpc) is 2.74. The molecule has 0 atom stereocenters. The fraction of sp³-hybridized carbons (Fsp3) is 0.0625. The lowest BCUT2D eigenvalue weighted by Gasteiger charge is -2.15. The maximum absolute atomic E-state index is 12.0. The summed E-state index contributed by atoms with van der Waals surface area (Å²) < 4.78 is 0. The van der Waals surface area contributed by atoms with Crippen LogP contribution in [0.4, 0.5) is 11.4 Å². The van der Waals surface area contributed by atoms with Crippen molar-refractivity contribution in [2.75, 3.05) is 16.8 Å². The van der Waals surface area contributed by atoms with Crippen molar-refractivity contribution in [3.05, 3.63) is 60.2 Å². The number of hydrogen-bond donors (Lipinski definition) is 1. The molecule has 0 radical (unpaired) electrons. The van der Waals surface area contributed by atoms with Gasteiger partial charge in [-0.05, 0) is 24.3 Å². The van der Waals surface area contributed by atoms with Crippen LogP contribution in [0.25, 0.3) is 0 Å². The zero-order valence-corrected chi connectivity index (χ0v) is 11.1. The van der Waals surface area contributed by atoms with E-state index in [2.05, 4.69) is 5.32 Å². The number of benzene rings is 2. The van der Waals surface area contributed by atoms with Crippen LogP contribution in [0.3, 0.4) is 0 Å². The molecule has 104 valence electrons. The summed E-state index contributed by atoms with van der Waals surface area (Å²) in [6.07, 6.45) is 0. The molecule has 0 bridgehead atoms. The molecular formula is C16H12N2O3. The minimum absolute atomic E-state index is 0.184. The van der Waals surface area contributed by atoms with E-state index >= 15 is 0 Å². The van der Waals surface area contributed by atoms with Crippen LogP contribution in [0.2, 0.25) is 0 Å². The predicted molar refractivity (Wildman–Crippen MR) is 78.2 cm³/mol. The van der Waals surface area contributed by atoms with Gasteiger partial charge in [0, 0.05) is 5.69 Å². The predicted octanol–water partition coefficient (Wildman–Crippen LogP) is 1.85. The third-order valence-electron chi connectivity index (χ3n) is 3.24. The van der Waals surface area contributed by atoms with Crippen LogP contribution >= 0.6 is 0 Å². The maximum atomic E-state index is 12.0. The molecule has 0 unspecified atom stereocenters. The number of ketones is 1. The topological polar surface area (TPSA) is 66.5 Å². The van der Waals surface area contributed by atoms with Crippen molar-refractivity contribution < 1.29 is 14.4 Å². The van der Waals surface area contributed by atoms with E-state index in [1.54, 1.807) is 48.5 Å². The smallest absolute Gasteiger partial charge is 0.299 e. The number of fused-ring (bicyclic) bond motifs is 1. The number of rotatable bonds is 3. The van der Waals surface area contributed by atoms with Crippen molar-refractivity contribution in [1.29, 1.82) is 0 Å². The van der Waals surface area contributed by atoms with E-state index in [9.17, 15) is 14.4 Å². The van der Waals surface area contributed by atoms with Crippen molar-refractivity contribution in [1.82, 2.24) is 0 Å². The van der Waals surface area contributed by atoms with Gasteiger partial charge in [-0.3, -0.25) is 19.3 Å². The summed E-state index contributed by atoms with van der Waals surface area (Å²) in [5.74, 6) is -1.59. The second-order valence-electron chi connectivity index (χ2n) is 4.65. The third kappa shape index (κ3) is 2.41. The van der Waals surface area contributed by atoms with E-state index in [4.69, 9.17) is 0 Å². The van der Waals surface area contributed by atoms with Crippen LogP contribution in [0, 0.1) is 0 Å². The van der Waals surface area contributed by atoms with Crippen molar-refractivity contribution >= 4 is 29.0 Å². The number of nitrogens with one attached hydrogen (secondary N) is 1. The van der Waals surface area contributed by atoms with Gasteiger partial charge in [0.15, 0.2) is 0 Å². The first-order valence-corrected chi connectivity index (χ1v) is 6.47. The second-order valence-corrected chi connectivity index (χ2v) is 4.65. The summed E-state index contributed by atoms with van der Waals surface area (Å²) in [7, 11) is 0. The van der Waals surface area contributed by atoms with Gasteiger partial charge >= 0.3 is 0 Å². The SMILES string of the molecule is O=C(CN1C(=O)C(=O)c2ccccc21)Nc1ccccc1. The lowest BCUT2D eigenvalue weighted by Crippen LogP contribution is -2.37. The molecule has 0 saturated heterocycles. The number of amides is 2. The molecular weight excluding hydrogens is 268 g/mol. The molecule has 1 aliphatic heterocycles. The highest BCUT2D eigenvalue weighted by Crippen LogP contribution is 2.28. The van der Waals surface area contributed by atoms with Gasteiger partial charge in [0.25, 0.3) is 11.7 Å². The van der Waals surface area contributed by atoms with Gasteiger partial charge in [0.1, 0.15) is 6.54 Å². The summed E-state index contributed by atoms with van der Waals surface area (Å²) in [5.41, 5.74) is 1.47. The quantitative estimate of drug-likeness (QED) is 0.873. The van der Waals surface area contributed by atoms with Gasteiger partial charge in [-0.15, -0.1) is 0 Å². The fourth-order valence-corrected chi connectivity index (χ4v) is 2.27. The van der Waals surface area contributed by atoms with E-state index in [1.807, 2.05) is 6.07 Å². The largest absolute Gasteiger partial charge is 0.325 e. The van der Waals surface area contributed by atoms with Crippen molar-refractivity contribution in [3.63, 3.8) is 0 Å². The summed E-state index contributed by atoms with van der Waals surface area (Å²) in [6, 6.07) is 15.6. The Morgan fingerprint density at radius 2 is 1.62 bits per heavy atom. The van der Waals surface area contributed by atoms with Gasteiger partial charge < -0.3 is 5.32 Å². The first kappa shape index (κ1) is 13.1. The normalized spacial score (nSPS) is 13.2. The highest BCUT2D eigenvalue weighted by atomic mass is 16.2. The van der Waals surface area contributed by atoms with Crippen LogP contribution in [0.5, 0.6) is 0 Å². The molecule has 5 nitrogen and oxygen atoms in total. The molecule has 0 fully saturated rings. The first-order valence-electron chi connectivity index (χ1n) is 6.47. The standard InChI is InChI=1S/C16H12N2O3/c19-14(17-11-6-2-1-3-7-11)10-18-13-9-5-4-8-12(13)15(20)16(18)21/h1-9H,10H2,(H,17,19). The Morgan fingerprint density at radius 1 is 0.952 bits per heavy atom. The van der Waals surface area contributed by atoms with E-state index < -0.39 is 11.7 Å². The Balaban J connectivity index is 1.78. The monoisotopic (exact) mass is 280 g/mol. The minimum Gasteiger partial charge on any atom is -0.325 e. The van der Waals surface area contributed by atoms with Crippen LogP contribution in [-0.4, -0.2) is 24.1 Å². The van der Waals surface area contributed by atoms with E-state index in [-0.39, 0.29) is 12.5 Å². The Hall–Kier alpha value is -2.95. The Morgan fingerprint density at radius 3 is 2.38 bits per heavy atom. The highest BCUT2D eigenvalue weighted by molar-refractivity contribution is 6.52. The number of carbonyl (C=O) groups excluding carboxylic acids is 3. The molecule has 0 aromatic heterocycles. The lowest BCUT2D eigenvalue weighted by atomic mass is 10.1. The Labute approximate surface area is 121 Å². The van der Waals surface area contributed by atoms with E-state index in [0.29, 0.717) is 16.9 Å². The van der Waals surface area contributed by atoms with Crippen LogP contribution < -0.4 is 10.2 Å². The summed E-state index contributed by atoms with van der Waals surface area (Å²) in [6.45, 7) is -0.184. The molecule has 5 heteroatoms. The lowest BCUT2D eigenvalue weighted by molar-refractivity contribution is -0.118. The number of para-hydroxylation sites is 2.